The van der Waals surface area contributed by atoms with Gasteiger partial charge in [-0.3, -0.25) is 0 Å². The first-order valence-electron chi connectivity index (χ1n) is 6.75. The fourth-order valence-corrected chi connectivity index (χ4v) is 2.51. The minimum absolute atomic E-state index is 0.0313. The van der Waals surface area contributed by atoms with Gasteiger partial charge in [-0.15, -0.1) is 0 Å². The molecule has 20 heavy (non-hydrogen) atoms. The van der Waals surface area contributed by atoms with Crippen LogP contribution in [-0.2, 0) is 4.79 Å². The zero-order valence-electron chi connectivity index (χ0n) is 11.6. The topological polar surface area (TPSA) is 51.5 Å². The van der Waals surface area contributed by atoms with Gasteiger partial charge >= 0.3 is 0 Å². The molecule has 2 aromatic rings. The summed E-state index contributed by atoms with van der Waals surface area (Å²) in [6, 6.07) is 9.45. The average molecular weight is 271 g/mol. The van der Waals surface area contributed by atoms with Crippen molar-refractivity contribution in [2.24, 2.45) is 0 Å². The van der Waals surface area contributed by atoms with E-state index in [0.29, 0.717) is 6.42 Å². The van der Waals surface area contributed by atoms with Gasteiger partial charge in [-0.05, 0) is 38.1 Å². The zero-order valence-corrected chi connectivity index (χ0v) is 11.6. The van der Waals surface area contributed by atoms with Crippen LogP contribution in [-0.4, -0.2) is 18.4 Å². The van der Waals surface area contributed by atoms with Gasteiger partial charge in [0.05, 0.1) is 23.4 Å². The molecule has 2 atom stereocenters. The number of hydrogen-bond acceptors (Lipinski definition) is 4. The van der Waals surface area contributed by atoms with Crippen LogP contribution in [0.1, 0.15) is 19.1 Å². The predicted octanol–water partition coefficient (Wildman–Crippen LogP) is 3.41. The van der Waals surface area contributed by atoms with Crippen molar-refractivity contribution in [3.63, 3.8) is 0 Å². The van der Waals surface area contributed by atoms with Crippen LogP contribution in [0.5, 0.6) is 5.75 Å². The molecule has 0 amide bonds. The van der Waals surface area contributed by atoms with Gasteiger partial charge in [0.15, 0.2) is 5.75 Å². The van der Waals surface area contributed by atoms with Crippen LogP contribution >= 0.6 is 0 Å². The predicted molar refractivity (Wildman–Crippen MR) is 77.1 cm³/mol. The molecule has 0 aliphatic carbocycles. The van der Waals surface area contributed by atoms with Crippen LogP contribution in [0.15, 0.2) is 34.7 Å². The molecule has 0 spiro atoms. The molecular weight excluding hydrogens is 254 g/mol. The molecule has 2 heterocycles. The minimum atomic E-state index is -0.222. The van der Waals surface area contributed by atoms with Gasteiger partial charge in [0, 0.05) is 6.42 Å². The summed E-state index contributed by atoms with van der Waals surface area (Å²) in [6.45, 7) is 3.88. The Morgan fingerprint density at radius 3 is 2.85 bits per heavy atom. The highest BCUT2D eigenvalue weighted by Gasteiger charge is 2.24. The SMILES string of the molecule is Cc1ccc(-c2cccc3c2O[C@H](C)CC(C=O)N3)o1. The lowest BCUT2D eigenvalue weighted by molar-refractivity contribution is -0.108. The van der Waals surface area contributed by atoms with Crippen LogP contribution in [0.2, 0.25) is 0 Å². The lowest BCUT2D eigenvalue weighted by Gasteiger charge is -2.14. The van der Waals surface area contributed by atoms with Crippen molar-refractivity contribution in [3.05, 3.63) is 36.1 Å². The first-order valence-corrected chi connectivity index (χ1v) is 6.75. The van der Waals surface area contributed by atoms with Crippen LogP contribution < -0.4 is 10.1 Å². The minimum Gasteiger partial charge on any atom is -0.488 e. The van der Waals surface area contributed by atoms with Gasteiger partial charge in [-0.2, -0.15) is 0 Å². The summed E-state index contributed by atoms with van der Waals surface area (Å²) in [5.74, 6) is 2.38. The number of aldehydes is 1. The largest absolute Gasteiger partial charge is 0.488 e. The quantitative estimate of drug-likeness (QED) is 0.850. The Morgan fingerprint density at radius 1 is 1.30 bits per heavy atom. The van der Waals surface area contributed by atoms with E-state index in [1.54, 1.807) is 0 Å². The summed E-state index contributed by atoms with van der Waals surface area (Å²) >= 11 is 0. The van der Waals surface area contributed by atoms with Crippen molar-refractivity contribution in [1.29, 1.82) is 0 Å². The molecule has 0 radical (unpaired) electrons. The second kappa shape index (κ2) is 5.04. The fraction of sp³-hybridized carbons (Fsp3) is 0.312. The third-order valence-electron chi connectivity index (χ3n) is 3.43. The molecule has 1 aromatic carbocycles. The third kappa shape index (κ3) is 2.29. The van der Waals surface area contributed by atoms with Gasteiger partial charge in [-0.1, -0.05) is 6.07 Å². The summed E-state index contributed by atoms with van der Waals surface area (Å²) in [4.78, 5) is 11.1. The smallest absolute Gasteiger partial charge is 0.153 e. The standard InChI is InChI=1S/C16H17NO3/c1-10-6-7-15(19-10)13-4-3-5-14-16(13)20-11(2)8-12(9-18)17-14/h3-7,9,11-12,17H,8H2,1-2H3/t11-,12?/m1/s1. The van der Waals surface area contributed by atoms with E-state index in [1.165, 1.54) is 0 Å². The maximum absolute atomic E-state index is 11.1. The Kier molecular flexibility index (Phi) is 3.22. The number of carbonyl (C=O) groups is 1. The highest BCUT2D eigenvalue weighted by molar-refractivity contribution is 5.78. The molecule has 1 N–H and O–H groups in total. The van der Waals surface area contributed by atoms with Gasteiger partial charge in [-0.25, -0.2) is 0 Å². The normalized spacial score (nSPS) is 21.3. The molecule has 1 aliphatic rings. The van der Waals surface area contributed by atoms with Gasteiger partial charge in [0.25, 0.3) is 0 Å². The third-order valence-corrected chi connectivity index (χ3v) is 3.43. The number of carbonyl (C=O) groups excluding carboxylic acids is 1. The molecule has 1 aliphatic heterocycles. The summed E-state index contributed by atoms with van der Waals surface area (Å²) in [5.41, 5.74) is 1.74. The number of hydrogen-bond donors (Lipinski definition) is 1. The van der Waals surface area contributed by atoms with E-state index in [-0.39, 0.29) is 12.1 Å². The number of nitrogens with one attached hydrogen (secondary N) is 1. The Labute approximate surface area is 117 Å². The summed E-state index contributed by atoms with van der Waals surface area (Å²) in [6.07, 6.45) is 1.55. The number of ether oxygens (including phenoxy) is 1. The number of para-hydroxylation sites is 1. The van der Waals surface area contributed by atoms with Crippen molar-refractivity contribution >= 4 is 12.0 Å². The van der Waals surface area contributed by atoms with Gasteiger partial charge < -0.3 is 19.3 Å². The van der Waals surface area contributed by atoms with Gasteiger partial charge in [0.2, 0.25) is 0 Å². The number of fused-ring (bicyclic) bond motifs is 1. The van der Waals surface area contributed by atoms with Crippen molar-refractivity contribution < 1.29 is 13.9 Å². The summed E-state index contributed by atoms with van der Waals surface area (Å²) in [5, 5.41) is 3.22. The zero-order chi connectivity index (χ0) is 14.1. The Hall–Kier alpha value is -2.23. The first-order chi connectivity index (χ1) is 9.67. The second-order valence-electron chi connectivity index (χ2n) is 5.14. The van der Waals surface area contributed by atoms with E-state index in [4.69, 9.17) is 9.15 Å². The summed E-state index contributed by atoms with van der Waals surface area (Å²) < 4.78 is 11.7. The summed E-state index contributed by atoms with van der Waals surface area (Å²) in [7, 11) is 0. The molecular formula is C16H17NO3. The second-order valence-corrected chi connectivity index (χ2v) is 5.14. The monoisotopic (exact) mass is 271 g/mol. The molecule has 0 fully saturated rings. The Morgan fingerprint density at radius 2 is 2.15 bits per heavy atom. The first kappa shape index (κ1) is 12.8. The number of rotatable bonds is 2. The lowest BCUT2D eigenvalue weighted by atomic mass is 10.1. The number of benzene rings is 1. The van der Waals surface area contributed by atoms with E-state index >= 15 is 0 Å². The van der Waals surface area contributed by atoms with Crippen LogP contribution in [0.4, 0.5) is 5.69 Å². The molecule has 0 saturated heterocycles. The van der Waals surface area contributed by atoms with Crippen LogP contribution in [0.25, 0.3) is 11.3 Å². The molecule has 3 rings (SSSR count). The highest BCUT2D eigenvalue weighted by Crippen LogP contribution is 2.40. The van der Waals surface area contributed by atoms with E-state index < -0.39 is 0 Å². The number of aryl methyl sites for hydroxylation is 1. The van der Waals surface area contributed by atoms with Crippen molar-refractivity contribution in [2.45, 2.75) is 32.4 Å². The van der Waals surface area contributed by atoms with Gasteiger partial charge in [0.1, 0.15) is 17.8 Å². The Balaban J connectivity index is 2.08. The highest BCUT2D eigenvalue weighted by atomic mass is 16.5. The molecule has 4 nitrogen and oxygen atoms in total. The van der Waals surface area contributed by atoms with E-state index in [0.717, 1.165) is 34.8 Å². The number of anilines is 1. The molecule has 4 heteroatoms. The van der Waals surface area contributed by atoms with Crippen molar-refractivity contribution in [2.75, 3.05) is 5.32 Å². The van der Waals surface area contributed by atoms with E-state index in [2.05, 4.69) is 5.32 Å². The molecule has 1 aromatic heterocycles. The van der Waals surface area contributed by atoms with Crippen molar-refractivity contribution in [1.82, 2.24) is 0 Å². The van der Waals surface area contributed by atoms with E-state index in [1.807, 2.05) is 44.2 Å². The van der Waals surface area contributed by atoms with E-state index in [9.17, 15) is 4.79 Å². The molecule has 0 bridgehead atoms. The van der Waals surface area contributed by atoms with Crippen LogP contribution in [0.3, 0.4) is 0 Å². The van der Waals surface area contributed by atoms with Crippen molar-refractivity contribution in [3.8, 4) is 17.1 Å². The lowest BCUT2D eigenvalue weighted by Crippen LogP contribution is -2.24. The molecule has 104 valence electrons. The van der Waals surface area contributed by atoms with Crippen LogP contribution in [0, 0.1) is 6.92 Å². The Bertz CT molecular complexity index is 632. The number of furan rings is 1. The fourth-order valence-electron chi connectivity index (χ4n) is 2.51. The maximum atomic E-state index is 11.1. The molecule has 1 unspecified atom stereocenters. The molecule has 0 saturated carbocycles. The average Bonchev–Trinajstić information content (AvgIpc) is 2.78. The maximum Gasteiger partial charge on any atom is 0.153 e.